The summed E-state index contributed by atoms with van der Waals surface area (Å²) in [7, 11) is 1.96. The highest BCUT2D eigenvalue weighted by Gasteiger charge is 2.01. The first kappa shape index (κ1) is 9.43. The van der Waals surface area contributed by atoms with E-state index in [0.29, 0.717) is 0 Å². The molecule has 14 heavy (non-hydrogen) atoms. The Hall–Kier alpha value is -1.13. The molecule has 0 fully saturated rings. The molecule has 0 amide bonds. The van der Waals surface area contributed by atoms with Crippen molar-refractivity contribution in [2.24, 2.45) is 0 Å². The molecule has 3 nitrogen and oxygen atoms in total. The number of nitrogens with zero attached hydrogens (tertiary/aromatic N) is 2. The fourth-order valence-electron chi connectivity index (χ4n) is 1.42. The molecular formula is C10H13N3S. The Kier molecular flexibility index (Phi) is 2.96. The third-order valence-electron chi connectivity index (χ3n) is 2.07. The van der Waals surface area contributed by atoms with E-state index in [1.165, 1.54) is 5.69 Å². The van der Waals surface area contributed by atoms with Gasteiger partial charge >= 0.3 is 0 Å². The van der Waals surface area contributed by atoms with Gasteiger partial charge in [0.05, 0.1) is 6.54 Å². The third-order valence-corrected chi connectivity index (χ3v) is 2.83. The molecule has 2 aromatic rings. The molecule has 74 valence electrons. The van der Waals surface area contributed by atoms with Crippen LogP contribution in [0, 0.1) is 0 Å². The molecule has 0 aliphatic carbocycles. The Labute approximate surface area is 87.4 Å². The van der Waals surface area contributed by atoms with Crippen LogP contribution in [-0.2, 0) is 13.1 Å². The number of nitrogens with one attached hydrogen (secondary N) is 1. The molecular weight excluding hydrogens is 194 g/mol. The van der Waals surface area contributed by atoms with Gasteiger partial charge in [-0.15, -0.1) is 11.3 Å². The van der Waals surface area contributed by atoms with Crippen molar-refractivity contribution in [1.82, 2.24) is 14.9 Å². The van der Waals surface area contributed by atoms with Crippen molar-refractivity contribution in [3.8, 4) is 0 Å². The normalized spacial score (nSPS) is 10.6. The van der Waals surface area contributed by atoms with E-state index in [4.69, 9.17) is 0 Å². The van der Waals surface area contributed by atoms with E-state index in [1.807, 2.05) is 18.6 Å². The quantitative estimate of drug-likeness (QED) is 0.827. The summed E-state index contributed by atoms with van der Waals surface area (Å²) in [6.45, 7) is 1.78. The minimum atomic E-state index is 0.877. The Balaban J connectivity index is 2.12. The van der Waals surface area contributed by atoms with Crippen LogP contribution in [0.4, 0.5) is 0 Å². The van der Waals surface area contributed by atoms with Crippen LogP contribution >= 0.6 is 11.3 Å². The molecule has 0 atom stereocenters. The first-order valence-corrected chi connectivity index (χ1v) is 5.45. The largest absolute Gasteiger partial charge is 0.343 e. The fraction of sp³-hybridized carbons (Fsp3) is 0.300. The van der Waals surface area contributed by atoms with Crippen LogP contribution in [0.25, 0.3) is 0 Å². The summed E-state index contributed by atoms with van der Waals surface area (Å²) >= 11 is 1.70. The van der Waals surface area contributed by atoms with Gasteiger partial charge in [0.2, 0.25) is 0 Å². The Morgan fingerprint density at radius 2 is 2.50 bits per heavy atom. The van der Waals surface area contributed by atoms with Crippen molar-refractivity contribution in [2.75, 3.05) is 7.05 Å². The maximum atomic E-state index is 4.27. The van der Waals surface area contributed by atoms with Crippen LogP contribution in [0.3, 0.4) is 0 Å². The molecule has 0 aromatic carbocycles. The van der Waals surface area contributed by atoms with Gasteiger partial charge in [-0.1, -0.05) is 0 Å². The van der Waals surface area contributed by atoms with Crippen LogP contribution in [0.1, 0.15) is 10.7 Å². The summed E-state index contributed by atoms with van der Waals surface area (Å²) in [4.78, 5) is 4.27. The predicted octanol–water partition coefficient (Wildman–Crippen LogP) is 1.71. The van der Waals surface area contributed by atoms with Crippen molar-refractivity contribution in [2.45, 2.75) is 13.1 Å². The van der Waals surface area contributed by atoms with Gasteiger partial charge in [-0.25, -0.2) is 4.98 Å². The van der Waals surface area contributed by atoms with Gasteiger partial charge in [-0.2, -0.15) is 0 Å². The maximum absolute atomic E-state index is 4.27. The van der Waals surface area contributed by atoms with E-state index < -0.39 is 0 Å². The highest BCUT2D eigenvalue weighted by molar-refractivity contribution is 7.09. The van der Waals surface area contributed by atoms with Gasteiger partial charge in [0.1, 0.15) is 5.01 Å². The predicted molar refractivity (Wildman–Crippen MR) is 58.4 cm³/mol. The van der Waals surface area contributed by atoms with Gasteiger partial charge in [0, 0.05) is 30.0 Å². The van der Waals surface area contributed by atoms with E-state index in [2.05, 4.69) is 33.2 Å². The minimum absolute atomic E-state index is 0.877. The van der Waals surface area contributed by atoms with E-state index >= 15 is 0 Å². The van der Waals surface area contributed by atoms with E-state index in [-0.39, 0.29) is 0 Å². The molecule has 2 heterocycles. The number of hydrogen-bond acceptors (Lipinski definition) is 3. The summed E-state index contributed by atoms with van der Waals surface area (Å²) in [6.07, 6.45) is 3.94. The van der Waals surface area contributed by atoms with Crippen LogP contribution in [0.5, 0.6) is 0 Å². The van der Waals surface area contributed by atoms with Crippen LogP contribution < -0.4 is 5.32 Å². The smallest absolute Gasteiger partial charge is 0.112 e. The molecule has 0 aliphatic heterocycles. The Morgan fingerprint density at radius 1 is 1.57 bits per heavy atom. The van der Waals surface area contributed by atoms with Crippen molar-refractivity contribution >= 4 is 11.3 Å². The number of rotatable bonds is 4. The number of thiazole rings is 1. The monoisotopic (exact) mass is 207 g/mol. The van der Waals surface area contributed by atoms with Crippen molar-refractivity contribution in [3.05, 3.63) is 40.6 Å². The molecule has 2 rings (SSSR count). The second-order valence-electron chi connectivity index (χ2n) is 3.08. The summed E-state index contributed by atoms with van der Waals surface area (Å²) < 4.78 is 2.22. The molecule has 0 saturated heterocycles. The average Bonchev–Trinajstić information content (AvgIpc) is 2.80. The fourth-order valence-corrected chi connectivity index (χ4v) is 2.04. The van der Waals surface area contributed by atoms with E-state index in [1.54, 1.807) is 11.3 Å². The van der Waals surface area contributed by atoms with Crippen molar-refractivity contribution in [1.29, 1.82) is 0 Å². The Bertz CT molecular complexity index is 378. The summed E-state index contributed by atoms with van der Waals surface area (Å²) in [5.74, 6) is 0. The molecule has 0 unspecified atom stereocenters. The van der Waals surface area contributed by atoms with Crippen LogP contribution in [0.15, 0.2) is 29.9 Å². The minimum Gasteiger partial charge on any atom is -0.343 e. The zero-order valence-electron chi connectivity index (χ0n) is 8.10. The lowest BCUT2D eigenvalue weighted by Gasteiger charge is -2.06. The van der Waals surface area contributed by atoms with Crippen LogP contribution in [-0.4, -0.2) is 16.6 Å². The summed E-state index contributed by atoms with van der Waals surface area (Å²) in [5.41, 5.74) is 1.29. The third kappa shape index (κ3) is 2.02. The average molecular weight is 207 g/mol. The van der Waals surface area contributed by atoms with Gasteiger partial charge in [-0.3, -0.25) is 0 Å². The van der Waals surface area contributed by atoms with Crippen LogP contribution in [0.2, 0.25) is 0 Å². The Morgan fingerprint density at radius 3 is 3.21 bits per heavy atom. The SMILES string of the molecule is CNCc1cccn1Cc1nccs1. The standard InChI is InChI=1S/C10H13N3S/c1-11-7-9-3-2-5-13(9)8-10-12-4-6-14-10/h2-6,11H,7-8H2,1H3. The van der Waals surface area contributed by atoms with Gasteiger partial charge in [0.25, 0.3) is 0 Å². The lowest BCUT2D eigenvalue weighted by atomic mass is 10.4. The maximum Gasteiger partial charge on any atom is 0.112 e. The van der Waals surface area contributed by atoms with Crippen molar-refractivity contribution in [3.63, 3.8) is 0 Å². The molecule has 0 spiro atoms. The highest BCUT2D eigenvalue weighted by Crippen LogP contribution is 2.09. The second-order valence-corrected chi connectivity index (χ2v) is 4.06. The highest BCUT2D eigenvalue weighted by atomic mass is 32.1. The molecule has 4 heteroatoms. The van der Waals surface area contributed by atoms with Crippen molar-refractivity contribution < 1.29 is 0 Å². The van der Waals surface area contributed by atoms with Gasteiger partial charge in [0.15, 0.2) is 0 Å². The number of aromatic nitrogens is 2. The summed E-state index contributed by atoms with van der Waals surface area (Å²) in [5, 5.41) is 6.31. The van der Waals surface area contributed by atoms with Gasteiger partial charge < -0.3 is 9.88 Å². The lowest BCUT2D eigenvalue weighted by molar-refractivity contribution is 0.692. The first-order chi connectivity index (χ1) is 6.90. The molecule has 2 aromatic heterocycles. The second kappa shape index (κ2) is 4.39. The molecule has 0 bridgehead atoms. The van der Waals surface area contributed by atoms with E-state index in [9.17, 15) is 0 Å². The number of hydrogen-bond donors (Lipinski definition) is 1. The molecule has 0 radical (unpaired) electrons. The zero-order chi connectivity index (χ0) is 9.80. The van der Waals surface area contributed by atoms with E-state index in [0.717, 1.165) is 18.1 Å². The molecule has 1 N–H and O–H groups in total. The zero-order valence-corrected chi connectivity index (χ0v) is 8.92. The lowest BCUT2D eigenvalue weighted by Crippen LogP contribution is -2.11. The topological polar surface area (TPSA) is 29.9 Å². The molecule has 0 saturated carbocycles. The summed E-state index contributed by atoms with van der Waals surface area (Å²) in [6, 6.07) is 4.20. The first-order valence-electron chi connectivity index (χ1n) is 4.57. The molecule has 0 aliphatic rings. The van der Waals surface area contributed by atoms with Gasteiger partial charge in [-0.05, 0) is 19.2 Å².